The molecule has 196 valence electrons. The molecule has 0 N–H and O–H groups in total. The summed E-state index contributed by atoms with van der Waals surface area (Å²) >= 11 is 0. The molecule has 0 aromatic heterocycles. The van der Waals surface area contributed by atoms with Gasteiger partial charge in [-0.3, -0.25) is 0 Å². The number of rotatable bonds is 18. The van der Waals surface area contributed by atoms with E-state index >= 15 is 0 Å². The van der Waals surface area contributed by atoms with Crippen LogP contribution < -0.4 is 0 Å². The first-order chi connectivity index (χ1) is 15.4. The lowest BCUT2D eigenvalue weighted by atomic mass is 9.88. The monoisotopic (exact) mass is 548 g/mol. The summed E-state index contributed by atoms with van der Waals surface area (Å²) in [5.41, 5.74) is 0. The highest BCUT2D eigenvalue weighted by Crippen LogP contribution is 2.41. The first-order valence-corrected chi connectivity index (χ1v) is 27.3. The molecule has 3 atom stereocenters. The third-order valence-corrected chi connectivity index (χ3v) is 23.3. The summed E-state index contributed by atoms with van der Waals surface area (Å²) in [4.78, 5) is 0. The highest BCUT2D eigenvalue weighted by Gasteiger charge is 2.44. The van der Waals surface area contributed by atoms with Gasteiger partial charge in [-0.2, -0.15) is 0 Å². The Hall–Kier alpha value is 0.924. The average Bonchev–Trinajstić information content (AvgIpc) is 3.46. The summed E-state index contributed by atoms with van der Waals surface area (Å²) in [6.45, 7) is 19.1. The average molecular weight is 549 g/mol. The normalized spacial score (nSPS) is 24.1. The van der Waals surface area contributed by atoms with Crippen LogP contribution in [0.25, 0.3) is 0 Å². The van der Waals surface area contributed by atoms with Gasteiger partial charge in [-0.1, -0.05) is 44.9 Å². The molecule has 2 rings (SSSR count). The fourth-order valence-corrected chi connectivity index (χ4v) is 19.3. The molecule has 0 spiro atoms. The van der Waals surface area contributed by atoms with Crippen LogP contribution in [0, 0.1) is 5.92 Å². The smallest absolute Gasteiger partial charge is 0.283 e. The number of epoxide rings is 1. The number of hydrogen-bond donors (Lipinski definition) is 0. The number of hydrogen-bond acceptors (Lipinski definition) is 4. The largest absolute Gasteiger partial charge is 0.455 e. The predicted octanol–water partition coefficient (Wildman–Crippen LogP) is 6.93. The van der Waals surface area contributed by atoms with Crippen molar-refractivity contribution in [2.45, 2.75) is 147 Å². The summed E-state index contributed by atoms with van der Waals surface area (Å²) in [7, 11) is -6.15. The zero-order chi connectivity index (χ0) is 24.5. The number of ether oxygens (including phenoxy) is 1. The Bertz CT molecular complexity index is 559. The maximum atomic E-state index is 6.92. The van der Waals surface area contributed by atoms with Crippen LogP contribution in [0.4, 0.5) is 0 Å². The second-order valence-electron chi connectivity index (χ2n) is 12.9. The minimum absolute atomic E-state index is 0.620. The zero-order valence-corrected chi connectivity index (χ0v) is 28.9. The van der Waals surface area contributed by atoms with Crippen LogP contribution in [-0.4, -0.2) is 56.2 Å². The van der Waals surface area contributed by atoms with Gasteiger partial charge in [-0.05, 0) is 95.7 Å². The standard InChI is InChI=1S/C24H56O4Si5/c1-30(2)26-29-27-31(3,4)18-13-11-9-10-12-14-19-32(5,6)28-33(7,8)20-17-22-15-16-23-24(21-22)25-23/h22-24,30H,9-21,29H2,1-8H3. The minimum Gasteiger partial charge on any atom is -0.455 e. The van der Waals surface area contributed by atoms with Gasteiger partial charge < -0.3 is 17.1 Å². The molecule has 33 heavy (non-hydrogen) atoms. The minimum atomic E-state index is -1.54. The lowest BCUT2D eigenvalue weighted by Gasteiger charge is -2.35. The Labute approximate surface area is 213 Å². The van der Waals surface area contributed by atoms with Crippen molar-refractivity contribution in [1.29, 1.82) is 0 Å². The summed E-state index contributed by atoms with van der Waals surface area (Å²) in [6, 6.07) is 3.97. The van der Waals surface area contributed by atoms with Gasteiger partial charge in [0.1, 0.15) is 0 Å². The van der Waals surface area contributed by atoms with E-state index < -0.39 is 44.0 Å². The maximum absolute atomic E-state index is 6.92. The second-order valence-corrected chi connectivity index (χ2v) is 30.6. The van der Waals surface area contributed by atoms with Crippen LogP contribution in [0.1, 0.15) is 64.2 Å². The predicted molar refractivity (Wildman–Crippen MR) is 156 cm³/mol. The van der Waals surface area contributed by atoms with Crippen LogP contribution in [-0.2, 0) is 17.1 Å². The van der Waals surface area contributed by atoms with Crippen LogP contribution in [0.15, 0.2) is 0 Å². The van der Waals surface area contributed by atoms with Crippen molar-refractivity contribution in [2.75, 3.05) is 0 Å². The molecule has 1 aliphatic heterocycles. The van der Waals surface area contributed by atoms with Gasteiger partial charge in [0.25, 0.3) is 10.0 Å². The first-order valence-electron chi connectivity index (χ1n) is 14.0. The molecule has 0 amide bonds. The molecule has 2 aliphatic rings. The van der Waals surface area contributed by atoms with E-state index in [1.165, 1.54) is 82.3 Å². The van der Waals surface area contributed by atoms with Crippen molar-refractivity contribution in [3.63, 3.8) is 0 Å². The molecular formula is C24H56O4Si5. The van der Waals surface area contributed by atoms with E-state index in [9.17, 15) is 0 Å². The van der Waals surface area contributed by atoms with Crippen LogP contribution >= 0.6 is 0 Å². The third-order valence-electron chi connectivity index (χ3n) is 7.48. The van der Waals surface area contributed by atoms with Gasteiger partial charge in [0.05, 0.1) is 12.2 Å². The molecule has 0 aromatic carbocycles. The lowest BCUT2D eigenvalue weighted by Crippen LogP contribution is -2.44. The van der Waals surface area contributed by atoms with Crippen molar-refractivity contribution >= 4 is 44.0 Å². The Kier molecular flexibility index (Phi) is 12.8. The van der Waals surface area contributed by atoms with Gasteiger partial charge in [0.2, 0.25) is 0 Å². The van der Waals surface area contributed by atoms with Crippen molar-refractivity contribution in [3.05, 3.63) is 0 Å². The number of unbranched alkanes of at least 4 members (excludes halogenated alkanes) is 5. The highest BCUT2D eigenvalue weighted by molar-refractivity contribution is 6.84. The molecular weight excluding hydrogens is 493 g/mol. The fraction of sp³-hybridized carbons (Fsp3) is 1.00. The van der Waals surface area contributed by atoms with Crippen molar-refractivity contribution in [2.24, 2.45) is 5.92 Å². The van der Waals surface area contributed by atoms with Crippen molar-refractivity contribution in [1.82, 2.24) is 0 Å². The SMILES string of the molecule is C[SiH](C)O[SiH2]O[Si](C)(C)CCCCCCCC[Si](C)(C)O[Si](C)(C)CCC1CCC2OC2C1. The highest BCUT2D eigenvalue weighted by atomic mass is 28.4. The summed E-state index contributed by atoms with van der Waals surface area (Å²) in [6.07, 6.45) is 14.8. The summed E-state index contributed by atoms with van der Waals surface area (Å²) < 4.78 is 24.7. The molecule has 0 radical (unpaired) electrons. The van der Waals surface area contributed by atoms with Gasteiger partial charge in [0, 0.05) is 0 Å². The summed E-state index contributed by atoms with van der Waals surface area (Å²) in [5.74, 6) is 0.894. The van der Waals surface area contributed by atoms with Gasteiger partial charge in [-0.25, -0.2) is 0 Å². The van der Waals surface area contributed by atoms with Crippen LogP contribution in [0.5, 0.6) is 0 Å². The number of fused-ring (bicyclic) bond motifs is 1. The molecule has 9 heteroatoms. The van der Waals surface area contributed by atoms with Crippen molar-refractivity contribution in [3.8, 4) is 0 Å². The van der Waals surface area contributed by atoms with Crippen molar-refractivity contribution < 1.29 is 17.1 Å². The first kappa shape index (κ1) is 30.2. The van der Waals surface area contributed by atoms with Crippen LogP contribution in [0.3, 0.4) is 0 Å². The molecule has 1 heterocycles. The Morgan fingerprint density at radius 2 is 1.33 bits per heavy atom. The molecule has 1 saturated heterocycles. The maximum Gasteiger partial charge on any atom is 0.283 e. The summed E-state index contributed by atoms with van der Waals surface area (Å²) in [5, 5.41) is 0. The van der Waals surface area contributed by atoms with E-state index in [-0.39, 0.29) is 0 Å². The Balaban J connectivity index is 1.48. The van der Waals surface area contributed by atoms with Gasteiger partial charge in [0.15, 0.2) is 34.0 Å². The molecule has 4 nitrogen and oxygen atoms in total. The molecule has 1 saturated carbocycles. The third kappa shape index (κ3) is 13.7. The van der Waals surface area contributed by atoms with Gasteiger partial charge in [-0.15, -0.1) is 0 Å². The molecule has 1 aliphatic carbocycles. The molecule has 0 bridgehead atoms. The Morgan fingerprint density at radius 3 is 1.94 bits per heavy atom. The lowest BCUT2D eigenvalue weighted by molar-refractivity contribution is 0.355. The molecule has 3 unspecified atom stereocenters. The molecule has 2 fully saturated rings. The quantitative estimate of drug-likeness (QED) is 0.106. The molecule has 0 aromatic rings. The fourth-order valence-electron chi connectivity index (χ4n) is 5.36. The Morgan fingerprint density at radius 1 is 0.758 bits per heavy atom. The second kappa shape index (κ2) is 14.0. The van der Waals surface area contributed by atoms with E-state index in [2.05, 4.69) is 52.4 Å². The van der Waals surface area contributed by atoms with Gasteiger partial charge >= 0.3 is 0 Å². The van der Waals surface area contributed by atoms with E-state index in [1.807, 2.05) is 0 Å². The van der Waals surface area contributed by atoms with E-state index in [4.69, 9.17) is 17.1 Å². The van der Waals surface area contributed by atoms with E-state index in [1.54, 1.807) is 0 Å². The van der Waals surface area contributed by atoms with E-state index in [0.29, 0.717) is 12.2 Å². The topological polar surface area (TPSA) is 40.2 Å². The zero-order valence-electron chi connectivity index (χ0n) is 23.3. The van der Waals surface area contributed by atoms with Crippen LogP contribution in [0.2, 0.25) is 70.5 Å². The van der Waals surface area contributed by atoms with E-state index in [0.717, 1.165) is 5.92 Å².